The highest BCUT2D eigenvalue weighted by Gasteiger charge is 2.07. The molecule has 0 fully saturated rings. The van der Waals surface area contributed by atoms with E-state index in [2.05, 4.69) is 39.0 Å². The molecule has 0 aliphatic heterocycles. The molecular weight excluding hydrogens is 302 g/mol. The van der Waals surface area contributed by atoms with E-state index in [1.807, 2.05) is 0 Å². The highest BCUT2D eigenvalue weighted by atomic mass is 16.3. The van der Waals surface area contributed by atoms with Gasteiger partial charge in [-0.2, -0.15) is 0 Å². The number of ketones is 1. The van der Waals surface area contributed by atoms with Gasteiger partial charge in [0.05, 0.1) is 0 Å². The molecule has 3 N–H and O–H groups in total. The fraction of sp³-hybridized carbons (Fsp3) is 0.300. The maximum Gasteiger partial charge on any atom is 0.217 e. The van der Waals surface area contributed by atoms with Gasteiger partial charge in [-0.05, 0) is 49.1 Å². The van der Waals surface area contributed by atoms with Crippen LogP contribution in [0.4, 0.5) is 0 Å². The molecule has 24 heavy (non-hydrogen) atoms. The number of primary amides is 1. The first-order valence-electron chi connectivity index (χ1n) is 8.00. The van der Waals surface area contributed by atoms with Crippen molar-refractivity contribution in [1.82, 2.24) is 0 Å². The number of phenols is 1. The molecule has 4 heteroatoms. The Morgan fingerprint density at radius 2 is 1.58 bits per heavy atom. The van der Waals surface area contributed by atoms with Crippen LogP contribution in [-0.4, -0.2) is 16.8 Å². The molecule has 0 aromatic heterocycles. The summed E-state index contributed by atoms with van der Waals surface area (Å²) in [5.41, 5.74) is 9.64. The molecule has 0 spiro atoms. The Labute approximate surface area is 143 Å². The highest BCUT2D eigenvalue weighted by Crippen LogP contribution is 2.13. The van der Waals surface area contributed by atoms with Crippen molar-refractivity contribution >= 4 is 11.7 Å². The number of carbonyl (C=O) groups excluding carboxylic acids is 2. The SMILES string of the molecule is CCc1c(C)cccc1C.NC(=O)CCC(=O)c1cccc(O)c1. The maximum absolute atomic E-state index is 11.4. The molecule has 128 valence electrons. The van der Waals surface area contributed by atoms with E-state index in [4.69, 9.17) is 10.8 Å². The average molecular weight is 327 g/mol. The van der Waals surface area contributed by atoms with E-state index in [0.29, 0.717) is 5.56 Å². The number of Topliss-reactive ketones (excluding diaryl/α,β-unsaturated/α-hetero) is 1. The predicted octanol–water partition coefficient (Wildman–Crippen LogP) is 3.71. The number of carbonyl (C=O) groups is 2. The number of rotatable bonds is 5. The molecule has 4 nitrogen and oxygen atoms in total. The molecule has 0 atom stereocenters. The summed E-state index contributed by atoms with van der Waals surface area (Å²) in [6, 6.07) is 12.5. The van der Waals surface area contributed by atoms with Crippen LogP contribution >= 0.6 is 0 Å². The van der Waals surface area contributed by atoms with Crippen molar-refractivity contribution in [3.05, 3.63) is 64.7 Å². The van der Waals surface area contributed by atoms with Crippen molar-refractivity contribution < 1.29 is 14.7 Å². The minimum absolute atomic E-state index is 0.0362. The third-order valence-electron chi connectivity index (χ3n) is 3.76. The fourth-order valence-corrected chi connectivity index (χ4v) is 2.47. The third-order valence-corrected chi connectivity index (χ3v) is 3.76. The molecule has 0 unspecified atom stereocenters. The lowest BCUT2D eigenvalue weighted by molar-refractivity contribution is -0.118. The second-order valence-corrected chi connectivity index (χ2v) is 5.66. The molecule has 2 aromatic carbocycles. The zero-order valence-electron chi connectivity index (χ0n) is 14.5. The van der Waals surface area contributed by atoms with E-state index in [0.717, 1.165) is 6.42 Å². The molecule has 0 radical (unpaired) electrons. The van der Waals surface area contributed by atoms with E-state index in [-0.39, 0.29) is 24.4 Å². The second kappa shape index (κ2) is 9.50. The van der Waals surface area contributed by atoms with Gasteiger partial charge in [0.1, 0.15) is 5.75 Å². The average Bonchev–Trinajstić information content (AvgIpc) is 2.53. The number of phenolic OH excluding ortho intramolecular Hbond substituents is 1. The van der Waals surface area contributed by atoms with E-state index in [1.54, 1.807) is 12.1 Å². The Hall–Kier alpha value is -2.62. The molecular formula is C20H25NO3. The monoisotopic (exact) mass is 327 g/mol. The molecule has 0 bridgehead atoms. The zero-order chi connectivity index (χ0) is 18.1. The van der Waals surface area contributed by atoms with E-state index in [1.165, 1.54) is 28.8 Å². The van der Waals surface area contributed by atoms with E-state index < -0.39 is 5.91 Å². The van der Waals surface area contributed by atoms with Gasteiger partial charge in [0.25, 0.3) is 0 Å². The van der Waals surface area contributed by atoms with Crippen LogP contribution in [-0.2, 0) is 11.2 Å². The van der Waals surface area contributed by atoms with Crippen LogP contribution < -0.4 is 5.73 Å². The number of hydrogen-bond donors (Lipinski definition) is 2. The first-order valence-corrected chi connectivity index (χ1v) is 8.00. The smallest absolute Gasteiger partial charge is 0.217 e. The van der Waals surface area contributed by atoms with Crippen molar-refractivity contribution in [2.24, 2.45) is 5.73 Å². The number of aromatic hydroxyl groups is 1. The number of hydrogen-bond acceptors (Lipinski definition) is 3. The summed E-state index contributed by atoms with van der Waals surface area (Å²) in [7, 11) is 0. The Kier molecular flexibility index (Phi) is 7.69. The lowest BCUT2D eigenvalue weighted by Crippen LogP contribution is -2.12. The van der Waals surface area contributed by atoms with Crippen LogP contribution in [0.2, 0.25) is 0 Å². The van der Waals surface area contributed by atoms with Gasteiger partial charge in [0.15, 0.2) is 5.78 Å². The molecule has 1 amide bonds. The van der Waals surface area contributed by atoms with Gasteiger partial charge in [0, 0.05) is 18.4 Å². The zero-order valence-corrected chi connectivity index (χ0v) is 14.5. The predicted molar refractivity (Wildman–Crippen MR) is 96.2 cm³/mol. The minimum atomic E-state index is -0.501. The van der Waals surface area contributed by atoms with Crippen LogP contribution in [0, 0.1) is 13.8 Å². The van der Waals surface area contributed by atoms with E-state index in [9.17, 15) is 9.59 Å². The number of nitrogens with two attached hydrogens (primary N) is 1. The van der Waals surface area contributed by atoms with Crippen LogP contribution in [0.1, 0.15) is 46.8 Å². The summed E-state index contributed by atoms with van der Waals surface area (Å²) in [5.74, 6) is -0.659. The van der Waals surface area contributed by atoms with Gasteiger partial charge in [-0.1, -0.05) is 37.3 Å². The molecule has 2 rings (SSSR count). The van der Waals surface area contributed by atoms with Gasteiger partial charge >= 0.3 is 0 Å². The standard InChI is InChI=1S/C10H11NO3.C10H14/c11-10(14)5-4-9(13)7-2-1-3-8(12)6-7;1-4-10-8(2)6-5-7-9(10)3/h1-3,6,12H,4-5H2,(H2,11,14);5-7H,4H2,1-3H3. The number of benzene rings is 2. The summed E-state index contributed by atoms with van der Waals surface area (Å²) in [4.78, 5) is 21.8. The maximum atomic E-state index is 11.4. The largest absolute Gasteiger partial charge is 0.508 e. The van der Waals surface area contributed by atoms with Gasteiger partial charge in [-0.15, -0.1) is 0 Å². The molecule has 2 aromatic rings. The topological polar surface area (TPSA) is 80.4 Å². The summed E-state index contributed by atoms with van der Waals surface area (Å²) >= 11 is 0. The van der Waals surface area contributed by atoms with Gasteiger partial charge in [0.2, 0.25) is 5.91 Å². The lowest BCUT2D eigenvalue weighted by atomic mass is 10.0. The molecule has 0 heterocycles. The Bertz CT molecular complexity index is 688. The van der Waals surface area contributed by atoms with Crippen molar-refractivity contribution in [2.75, 3.05) is 0 Å². The summed E-state index contributed by atoms with van der Waals surface area (Å²) in [5, 5.41) is 9.10. The fourth-order valence-electron chi connectivity index (χ4n) is 2.47. The summed E-state index contributed by atoms with van der Waals surface area (Å²) in [6.45, 7) is 6.55. The van der Waals surface area contributed by atoms with Crippen molar-refractivity contribution in [3.63, 3.8) is 0 Å². The molecule has 0 saturated heterocycles. The Morgan fingerprint density at radius 3 is 2.04 bits per heavy atom. The van der Waals surface area contributed by atoms with Crippen molar-refractivity contribution in [1.29, 1.82) is 0 Å². The molecule has 0 aliphatic carbocycles. The highest BCUT2D eigenvalue weighted by molar-refractivity contribution is 5.98. The first-order chi connectivity index (χ1) is 11.3. The van der Waals surface area contributed by atoms with Crippen LogP contribution in [0.5, 0.6) is 5.75 Å². The summed E-state index contributed by atoms with van der Waals surface area (Å²) in [6.07, 6.45) is 1.27. The molecule has 0 saturated carbocycles. The molecule has 0 aliphatic rings. The number of aryl methyl sites for hydroxylation is 2. The van der Waals surface area contributed by atoms with Gasteiger partial charge in [-0.25, -0.2) is 0 Å². The minimum Gasteiger partial charge on any atom is -0.508 e. The van der Waals surface area contributed by atoms with Gasteiger partial charge in [-0.3, -0.25) is 9.59 Å². The quantitative estimate of drug-likeness (QED) is 0.822. The van der Waals surface area contributed by atoms with Gasteiger partial charge < -0.3 is 10.8 Å². The van der Waals surface area contributed by atoms with Crippen molar-refractivity contribution in [2.45, 2.75) is 40.0 Å². The normalized spacial score (nSPS) is 9.79. The lowest BCUT2D eigenvalue weighted by Gasteiger charge is -2.04. The first kappa shape index (κ1) is 19.4. The Balaban J connectivity index is 0.000000254. The second-order valence-electron chi connectivity index (χ2n) is 5.66. The summed E-state index contributed by atoms with van der Waals surface area (Å²) < 4.78 is 0. The third kappa shape index (κ3) is 6.24. The van der Waals surface area contributed by atoms with Crippen LogP contribution in [0.25, 0.3) is 0 Å². The van der Waals surface area contributed by atoms with Crippen LogP contribution in [0.15, 0.2) is 42.5 Å². The number of amides is 1. The van der Waals surface area contributed by atoms with E-state index >= 15 is 0 Å². The van der Waals surface area contributed by atoms with Crippen molar-refractivity contribution in [3.8, 4) is 5.75 Å². The van der Waals surface area contributed by atoms with Crippen LogP contribution in [0.3, 0.4) is 0 Å². The Morgan fingerprint density at radius 1 is 1.00 bits per heavy atom.